The number of rotatable bonds is 8. The zero-order valence-corrected chi connectivity index (χ0v) is 12.6. The van der Waals surface area contributed by atoms with E-state index in [0.29, 0.717) is 23.1 Å². The Labute approximate surface area is 116 Å². The SMILES string of the molecule is Cc1nc(SCCOCCC(C)C)sc1C(=O)O. The number of carboxylic acids is 1. The van der Waals surface area contributed by atoms with Crippen molar-refractivity contribution in [2.45, 2.75) is 31.5 Å². The molecule has 0 fully saturated rings. The van der Waals surface area contributed by atoms with Crippen molar-refractivity contribution >= 4 is 29.1 Å². The maximum atomic E-state index is 10.9. The molecule has 1 N–H and O–H groups in total. The van der Waals surface area contributed by atoms with E-state index in [2.05, 4.69) is 18.8 Å². The highest BCUT2D eigenvalue weighted by atomic mass is 32.2. The van der Waals surface area contributed by atoms with Gasteiger partial charge in [-0.05, 0) is 19.3 Å². The lowest BCUT2D eigenvalue weighted by Crippen LogP contribution is -2.02. The van der Waals surface area contributed by atoms with Crippen LogP contribution in [0.1, 0.15) is 35.6 Å². The second-order valence-corrected chi connectivity index (χ2v) is 6.68. The molecule has 6 heteroatoms. The van der Waals surface area contributed by atoms with Crippen LogP contribution in [0.25, 0.3) is 0 Å². The Morgan fingerprint density at radius 1 is 1.50 bits per heavy atom. The van der Waals surface area contributed by atoms with Crippen molar-refractivity contribution in [1.82, 2.24) is 4.98 Å². The van der Waals surface area contributed by atoms with Crippen LogP contribution in [-0.2, 0) is 4.74 Å². The van der Waals surface area contributed by atoms with Crippen molar-refractivity contribution < 1.29 is 14.6 Å². The maximum absolute atomic E-state index is 10.9. The summed E-state index contributed by atoms with van der Waals surface area (Å²) in [6.45, 7) is 7.53. The summed E-state index contributed by atoms with van der Waals surface area (Å²) in [4.78, 5) is 15.4. The summed E-state index contributed by atoms with van der Waals surface area (Å²) in [6, 6.07) is 0. The Morgan fingerprint density at radius 2 is 2.22 bits per heavy atom. The molecule has 1 aromatic heterocycles. The molecule has 1 heterocycles. The van der Waals surface area contributed by atoms with E-state index in [1.165, 1.54) is 11.3 Å². The molecule has 102 valence electrons. The van der Waals surface area contributed by atoms with Gasteiger partial charge in [0.25, 0.3) is 0 Å². The highest BCUT2D eigenvalue weighted by molar-refractivity contribution is 8.01. The first-order valence-electron chi connectivity index (χ1n) is 5.92. The van der Waals surface area contributed by atoms with E-state index in [4.69, 9.17) is 9.84 Å². The van der Waals surface area contributed by atoms with Gasteiger partial charge in [-0.15, -0.1) is 11.3 Å². The van der Waals surface area contributed by atoms with E-state index in [9.17, 15) is 4.79 Å². The van der Waals surface area contributed by atoms with Gasteiger partial charge in [0, 0.05) is 12.4 Å². The van der Waals surface area contributed by atoms with Crippen molar-refractivity contribution in [1.29, 1.82) is 0 Å². The number of carbonyl (C=O) groups is 1. The smallest absolute Gasteiger partial charge is 0.347 e. The number of nitrogens with zero attached hydrogens (tertiary/aromatic N) is 1. The number of aromatic carboxylic acids is 1. The normalized spacial score (nSPS) is 11.1. The van der Waals surface area contributed by atoms with E-state index < -0.39 is 5.97 Å². The molecule has 0 spiro atoms. The van der Waals surface area contributed by atoms with Crippen LogP contribution in [0.5, 0.6) is 0 Å². The van der Waals surface area contributed by atoms with Gasteiger partial charge >= 0.3 is 5.97 Å². The fourth-order valence-corrected chi connectivity index (χ4v) is 3.19. The molecular weight excluding hydrogens is 270 g/mol. The van der Waals surface area contributed by atoms with Crippen LogP contribution < -0.4 is 0 Å². The number of hydrogen-bond acceptors (Lipinski definition) is 5. The average Bonchev–Trinajstić information content (AvgIpc) is 2.64. The number of thiazole rings is 1. The van der Waals surface area contributed by atoms with Gasteiger partial charge in [0.15, 0.2) is 4.34 Å². The van der Waals surface area contributed by atoms with E-state index in [1.807, 2.05) is 0 Å². The third-order valence-electron chi connectivity index (χ3n) is 2.26. The van der Waals surface area contributed by atoms with Gasteiger partial charge in [-0.1, -0.05) is 25.6 Å². The molecule has 0 saturated heterocycles. The van der Waals surface area contributed by atoms with Crippen LogP contribution in [-0.4, -0.2) is 35.0 Å². The standard InChI is InChI=1S/C12H19NO3S2/c1-8(2)4-5-16-6-7-17-12-13-9(3)10(18-12)11(14)15/h8H,4-7H2,1-3H3,(H,14,15). The number of ether oxygens (including phenoxy) is 1. The highest BCUT2D eigenvalue weighted by Crippen LogP contribution is 2.26. The summed E-state index contributed by atoms with van der Waals surface area (Å²) in [6.07, 6.45) is 1.07. The summed E-state index contributed by atoms with van der Waals surface area (Å²) >= 11 is 2.78. The lowest BCUT2D eigenvalue weighted by molar-refractivity contribution is 0.0701. The Kier molecular flexibility index (Phi) is 6.67. The van der Waals surface area contributed by atoms with E-state index in [-0.39, 0.29) is 0 Å². The summed E-state index contributed by atoms with van der Waals surface area (Å²) in [5, 5.41) is 8.91. The van der Waals surface area contributed by atoms with Crippen LogP contribution in [0.3, 0.4) is 0 Å². The summed E-state index contributed by atoms with van der Waals surface area (Å²) in [7, 11) is 0. The molecule has 0 aromatic carbocycles. The zero-order chi connectivity index (χ0) is 13.5. The lowest BCUT2D eigenvalue weighted by atomic mass is 10.1. The molecule has 0 aliphatic rings. The van der Waals surface area contributed by atoms with E-state index in [0.717, 1.165) is 23.1 Å². The van der Waals surface area contributed by atoms with Crippen molar-refractivity contribution in [2.75, 3.05) is 19.0 Å². The van der Waals surface area contributed by atoms with Gasteiger partial charge in [0.05, 0.1) is 12.3 Å². The molecule has 0 bridgehead atoms. The first-order chi connectivity index (χ1) is 8.50. The van der Waals surface area contributed by atoms with Crippen molar-refractivity contribution in [3.05, 3.63) is 10.6 Å². The second-order valence-electron chi connectivity index (χ2n) is 4.34. The first kappa shape index (κ1) is 15.5. The monoisotopic (exact) mass is 289 g/mol. The molecule has 4 nitrogen and oxygen atoms in total. The number of hydrogen-bond donors (Lipinski definition) is 1. The summed E-state index contributed by atoms with van der Waals surface area (Å²) in [5.74, 6) is 0.576. The fraction of sp³-hybridized carbons (Fsp3) is 0.667. The molecule has 0 aliphatic carbocycles. The van der Waals surface area contributed by atoms with Crippen molar-refractivity contribution in [3.8, 4) is 0 Å². The van der Waals surface area contributed by atoms with Crippen LogP contribution in [0.4, 0.5) is 0 Å². The van der Waals surface area contributed by atoms with Crippen LogP contribution >= 0.6 is 23.1 Å². The summed E-state index contributed by atoms with van der Waals surface area (Å²) < 4.78 is 6.29. The van der Waals surface area contributed by atoms with Crippen LogP contribution in [0.2, 0.25) is 0 Å². The molecule has 0 radical (unpaired) electrons. The van der Waals surface area contributed by atoms with Gasteiger partial charge in [-0.3, -0.25) is 0 Å². The van der Waals surface area contributed by atoms with Crippen LogP contribution in [0, 0.1) is 12.8 Å². The topological polar surface area (TPSA) is 59.4 Å². The molecule has 1 rings (SSSR count). The molecular formula is C12H19NO3S2. The van der Waals surface area contributed by atoms with Gasteiger partial charge in [-0.2, -0.15) is 0 Å². The minimum absolute atomic E-state index is 0.332. The molecule has 1 aromatic rings. The molecule has 0 unspecified atom stereocenters. The molecule has 0 saturated carbocycles. The summed E-state index contributed by atoms with van der Waals surface area (Å²) in [5.41, 5.74) is 0.593. The van der Waals surface area contributed by atoms with E-state index >= 15 is 0 Å². The molecule has 0 aliphatic heterocycles. The number of aromatic nitrogens is 1. The number of carboxylic acid groups (broad SMARTS) is 1. The zero-order valence-electron chi connectivity index (χ0n) is 10.9. The quantitative estimate of drug-likeness (QED) is 0.587. The minimum Gasteiger partial charge on any atom is -0.477 e. The molecule has 0 atom stereocenters. The average molecular weight is 289 g/mol. The third kappa shape index (κ3) is 5.37. The predicted octanol–water partition coefficient (Wildman–Crippen LogP) is 3.30. The van der Waals surface area contributed by atoms with Gasteiger partial charge in [0.2, 0.25) is 0 Å². The third-order valence-corrected chi connectivity index (χ3v) is 4.52. The largest absolute Gasteiger partial charge is 0.477 e. The molecule has 0 amide bonds. The Balaban J connectivity index is 2.23. The molecule has 18 heavy (non-hydrogen) atoms. The van der Waals surface area contributed by atoms with E-state index in [1.54, 1.807) is 18.7 Å². The predicted molar refractivity (Wildman–Crippen MR) is 74.8 cm³/mol. The second kappa shape index (κ2) is 7.76. The number of thioether (sulfide) groups is 1. The lowest BCUT2D eigenvalue weighted by Gasteiger charge is -2.05. The Morgan fingerprint density at radius 3 is 2.78 bits per heavy atom. The van der Waals surface area contributed by atoms with Crippen LogP contribution in [0.15, 0.2) is 4.34 Å². The van der Waals surface area contributed by atoms with Crippen molar-refractivity contribution in [2.24, 2.45) is 5.92 Å². The fourth-order valence-electron chi connectivity index (χ4n) is 1.24. The number of aryl methyl sites for hydroxylation is 1. The highest BCUT2D eigenvalue weighted by Gasteiger charge is 2.13. The Bertz CT molecular complexity index is 391. The van der Waals surface area contributed by atoms with Gasteiger partial charge in [-0.25, -0.2) is 9.78 Å². The van der Waals surface area contributed by atoms with Gasteiger partial charge < -0.3 is 9.84 Å². The maximum Gasteiger partial charge on any atom is 0.347 e. The van der Waals surface area contributed by atoms with Crippen molar-refractivity contribution in [3.63, 3.8) is 0 Å². The van der Waals surface area contributed by atoms with Gasteiger partial charge in [0.1, 0.15) is 4.88 Å². The first-order valence-corrected chi connectivity index (χ1v) is 7.72. The minimum atomic E-state index is -0.898. The Hall–Kier alpha value is -0.590.